The Labute approximate surface area is 247 Å². The van der Waals surface area contributed by atoms with Gasteiger partial charge in [-0.2, -0.15) is 5.10 Å². The molecule has 7 rings (SSSR count). The van der Waals surface area contributed by atoms with Crippen LogP contribution < -0.4 is 5.56 Å². The smallest absolute Gasteiger partial charge is 0.263 e. The number of pyridine rings is 1. The van der Waals surface area contributed by atoms with Crippen LogP contribution in [0.1, 0.15) is 24.2 Å². The fourth-order valence-corrected chi connectivity index (χ4v) is 6.46. The van der Waals surface area contributed by atoms with E-state index in [2.05, 4.69) is 37.9 Å². The van der Waals surface area contributed by atoms with E-state index in [0.29, 0.717) is 11.8 Å². The number of aromatic nitrogens is 6. The molecule has 1 saturated heterocycles. The lowest BCUT2D eigenvalue weighted by Gasteiger charge is -2.26. The summed E-state index contributed by atoms with van der Waals surface area (Å²) in [5, 5.41) is 6.24. The molecule has 4 aromatic heterocycles. The molecule has 0 bridgehead atoms. The Morgan fingerprint density at radius 1 is 1.00 bits per heavy atom. The fraction of sp³-hybridized carbons (Fsp3) is 0.281. The first-order valence-corrected chi connectivity index (χ1v) is 15.1. The van der Waals surface area contributed by atoms with E-state index in [1.165, 1.54) is 11.3 Å². The number of hydrogen-bond acceptors (Lipinski definition) is 8. The molecular formula is C32H31N7O2S. The van der Waals surface area contributed by atoms with Crippen LogP contribution >= 0.6 is 11.3 Å². The third kappa shape index (κ3) is 5.13. The van der Waals surface area contributed by atoms with Crippen LogP contribution in [-0.4, -0.2) is 67.0 Å². The van der Waals surface area contributed by atoms with Gasteiger partial charge in [-0.25, -0.2) is 15.0 Å². The number of ether oxygens (including phenoxy) is 1. The van der Waals surface area contributed by atoms with Gasteiger partial charge in [0.05, 0.1) is 42.5 Å². The van der Waals surface area contributed by atoms with Gasteiger partial charge in [0.2, 0.25) is 0 Å². The minimum absolute atomic E-state index is 0.00583. The van der Waals surface area contributed by atoms with E-state index in [-0.39, 0.29) is 11.5 Å². The lowest BCUT2D eigenvalue weighted by atomic mass is 9.95. The summed E-state index contributed by atoms with van der Waals surface area (Å²) in [6, 6.07) is 18.1. The second-order valence-electron chi connectivity index (χ2n) is 10.7. The standard InChI is InChI=1S/C32H31N7O2S/c1-22(16-27-30-31(34-20-33-27)42-21-35-30)28-17-23-6-5-9-26(29(23)32(40)39(28)25-7-3-2-4-8-25)24-18-36-38(19-24)11-10-37-12-14-41-15-13-37/h2-9,17-22H,10-16H2,1H3/t22-/m1/s1. The van der Waals surface area contributed by atoms with Crippen LogP contribution in [0.2, 0.25) is 0 Å². The van der Waals surface area contributed by atoms with E-state index in [1.807, 2.05) is 70.2 Å². The number of fused-ring (bicyclic) bond motifs is 2. The minimum Gasteiger partial charge on any atom is -0.379 e. The van der Waals surface area contributed by atoms with Crippen LogP contribution in [0.3, 0.4) is 0 Å². The first-order chi connectivity index (χ1) is 20.7. The molecule has 0 spiro atoms. The highest BCUT2D eigenvalue weighted by Crippen LogP contribution is 2.31. The van der Waals surface area contributed by atoms with Gasteiger partial charge in [0, 0.05) is 55.1 Å². The Bertz CT molecular complexity index is 1910. The Balaban J connectivity index is 1.29. The highest BCUT2D eigenvalue weighted by Gasteiger charge is 2.21. The molecule has 2 aromatic carbocycles. The molecule has 6 aromatic rings. The minimum atomic E-state index is -0.0429. The lowest BCUT2D eigenvalue weighted by molar-refractivity contribution is 0.0360. The first kappa shape index (κ1) is 26.6. The van der Waals surface area contributed by atoms with Crippen LogP contribution in [-0.2, 0) is 17.7 Å². The highest BCUT2D eigenvalue weighted by molar-refractivity contribution is 7.16. The number of thiazole rings is 1. The molecule has 0 amide bonds. The summed E-state index contributed by atoms with van der Waals surface area (Å²) < 4.78 is 9.30. The molecular weight excluding hydrogens is 546 g/mol. The number of hydrogen-bond donors (Lipinski definition) is 0. The van der Waals surface area contributed by atoms with Gasteiger partial charge in [-0.1, -0.05) is 43.3 Å². The molecule has 0 radical (unpaired) electrons. The average molecular weight is 578 g/mol. The molecule has 212 valence electrons. The van der Waals surface area contributed by atoms with Crippen molar-refractivity contribution in [2.45, 2.75) is 25.8 Å². The van der Waals surface area contributed by atoms with Crippen LogP contribution in [0, 0.1) is 0 Å². The zero-order valence-corrected chi connectivity index (χ0v) is 24.2. The summed E-state index contributed by atoms with van der Waals surface area (Å²) in [4.78, 5) is 31.2. The van der Waals surface area contributed by atoms with E-state index in [9.17, 15) is 4.79 Å². The number of morpholine rings is 1. The maximum absolute atomic E-state index is 14.5. The predicted octanol–water partition coefficient (Wildman–Crippen LogP) is 4.93. The van der Waals surface area contributed by atoms with Gasteiger partial charge in [0.1, 0.15) is 16.7 Å². The molecule has 0 N–H and O–H groups in total. The normalized spacial score (nSPS) is 15.0. The molecule has 9 nitrogen and oxygen atoms in total. The molecule has 5 heterocycles. The number of rotatable bonds is 8. The van der Waals surface area contributed by atoms with Gasteiger partial charge in [0.15, 0.2) is 0 Å². The summed E-state index contributed by atoms with van der Waals surface area (Å²) in [6.45, 7) is 7.30. The second-order valence-corrected chi connectivity index (χ2v) is 11.5. The monoisotopic (exact) mass is 577 g/mol. The summed E-state index contributed by atoms with van der Waals surface area (Å²) in [5.74, 6) is -0.00583. The maximum atomic E-state index is 14.5. The SMILES string of the molecule is C[C@H](Cc1ncnc2scnc12)c1cc2cccc(-c3cnn(CCN4CCOCC4)c3)c2c(=O)n1-c1ccccc1. The summed E-state index contributed by atoms with van der Waals surface area (Å²) in [7, 11) is 0. The molecule has 1 aliphatic heterocycles. The van der Waals surface area contributed by atoms with Crippen molar-refractivity contribution in [2.24, 2.45) is 0 Å². The van der Waals surface area contributed by atoms with Crippen LogP contribution in [0.25, 0.3) is 37.9 Å². The quantitative estimate of drug-likeness (QED) is 0.253. The van der Waals surface area contributed by atoms with Gasteiger partial charge < -0.3 is 4.74 Å². The molecule has 1 aliphatic rings. The first-order valence-electron chi connectivity index (χ1n) is 14.3. The zero-order chi connectivity index (χ0) is 28.5. The van der Waals surface area contributed by atoms with E-state index < -0.39 is 0 Å². The third-order valence-electron chi connectivity index (χ3n) is 8.00. The van der Waals surface area contributed by atoms with E-state index in [4.69, 9.17) is 4.74 Å². The van der Waals surface area contributed by atoms with Gasteiger partial charge in [0.25, 0.3) is 5.56 Å². The topological polar surface area (TPSA) is 91.0 Å². The molecule has 0 saturated carbocycles. The van der Waals surface area contributed by atoms with Gasteiger partial charge >= 0.3 is 0 Å². The van der Waals surface area contributed by atoms with Crippen molar-refractivity contribution in [3.8, 4) is 16.8 Å². The van der Waals surface area contributed by atoms with Gasteiger partial charge in [-0.3, -0.25) is 18.9 Å². The van der Waals surface area contributed by atoms with E-state index in [0.717, 1.165) is 83.3 Å². The van der Waals surface area contributed by atoms with Crippen molar-refractivity contribution in [3.63, 3.8) is 0 Å². The van der Waals surface area contributed by atoms with Crippen LogP contribution in [0.4, 0.5) is 0 Å². The van der Waals surface area contributed by atoms with Crippen LogP contribution in [0.15, 0.2) is 83.6 Å². The summed E-state index contributed by atoms with van der Waals surface area (Å²) in [6.07, 6.45) is 6.15. The number of nitrogens with zero attached hydrogens (tertiary/aromatic N) is 7. The second kappa shape index (κ2) is 11.6. The Morgan fingerprint density at radius 2 is 1.86 bits per heavy atom. The van der Waals surface area contributed by atoms with Crippen molar-refractivity contribution < 1.29 is 4.74 Å². The largest absolute Gasteiger partial charge is 0.379 e. The van der Waals surface area contributed by atoms with Gasteiger partial charge in [-0.05, 0) is 29.1 Å². The summed E-state index contributed by atoms with van der Waals surface area (Å²) in [5.41, 5.74) is 7.07. The molecule has 0 unspecified atom stereocenters. The number of para-hydroxylation sites is 1. The third-order valence-corrected chi connectivity index (χ3v) is 8.73. The molecule has 1 fully saturated rings. The molecule has 1 atom stereocenters. The summed E-state index contributed by atoms with van der Waals surface area (Å²) >= 11 is 1.51. The maximum Gasteiger partial charge on any atom is 0.263 e. The predicted molar refractivity (Wildman–Crippen MR) is 165 cm³/mol. The van der Waals surface area contributed by atoms with E-state index >= 15 is 0 Å². The van der Waals surface area contributed by atoms with Crippen molar-refractivity contribution >= 4 is 32.5 Å². The molecule has 0 aliphatic carbocycles. The van der Waals surface area contributed by atoms with Crippen LogP contribution in [0.5, 0.6) is 0 Å². The highest BCUT2D eigenvalue weighted by atomic mass is 32.1. The fourth-order valence-electron chi connectivity index (χ4n) is 5.81. The Hall–Kier alpha value is -4.25. The van der Waals surface area contributed by atoms with Crippen molar-refractivity contribution in [3.05, 3.63) is 101 Å². The Morgan fingerprint density at radius 3 is 2.71 bits per heavy atom. The van der Waals surface area contributed by atoms with Gasteiger partial charge in [-0.15, -0.1) is 11.3 Å². The van der Waals surface area contributed by atoms with E-state index in [1.54, 1.807) is 11.8 Å². The van der Waals surface area contributed by atoms with Crippen molar-refractivity contribution in [1.29, 1.82) is 0 Å². The molecule has 10 heteroatoms. The Kier molecular flexibility index (Phi) is 7.33. The van der Waals surface area contributed by atoms with Crippen molar-refractivity contribution in [2.75, 3.05) is 32.8 Å². The zero-order valence-electron chi connectivity index (χ0n) is 23.4. The van der Waals surface area contributed by atoms with Crippen molar-refractivity contribution in [1.82, 2.24) is 34.2 Å². The lowest BCUT2D eigenvalue weighted by Crippen LogP contribution is -2.38. The number of benzene rings is 2. The average Bonchev–Trinajstić information content (AvgIpc) is 3.71. The molecule has 42 heavy (non-hydrogen) atoms.